The van der Waals surface area contributed by atoms with Gasteiger partial charge in [0.05, 0.1) is 9.40 Å². The van der Waals surface area contributed by atoms with Crippen molar-refractivity contribution in [2.24, 2.45) is 0 Å². The molecule has 0 bridgehead atoms. The van der Waals surface area contributed by atoms with Crippen molar-refractivity contribution in [2.75, 3.05) is 0 Å². The van der Waals surface area contributed by atoms with Gasteiger partial charge in [-0.15, -0.1) is 0 Å². The van der Waals surface area contributed by atoms with Crippen molar-refractivity contribution in [3.63, 3.8) is 0 Å². The maximum absolute atomic E-state index is 10.8. The van der Waals surface area contributed by atoms with Crippen LogP contribution in [-0.2, 0) is 5.75 Å². The number of thioether (sulfide) groups is 1. The molecule has 2 rings (SSSR count). The highest BCUT2D eigenvalue weighted by molar-refractivity contribution is 9.10. The van der Waals surface area contributed by atoms with Gasteiger partial charge in [0, 0.05) is 11.8 Å². The van der Waals surface area contributed by atoms with Gasteiger partial charge in [0.2, 0.25) is 0 Å². The number of aryl methyl sites for hydroxylation is 1. The minimum atomic E-state index is -0.395. The normalized spacial score (nSPS) is 10.6. The Hall–Kier alpha value is -0.990. The highest BCUT2D eigenvalue weighted by Crippen LogP contribution is 2.33. The summed E-state index contributed by atoms with van der Waals surface area (Å²) in [4.78, 5) is 14.6. The number of rotatable bonds is 4. The molecule has 0 spiro atoms. The Kier molecular flexibility index (Phi) is 4.31. The van der Waals surface area contributed by atoms with Crippen molar-refractivity contribution in [2.45, 2.75) is 17.0 Å². The van der Waals surface area contributed by atoms with E-state index in [9.17, 15) is 10.1 Å². The maximum atomic E-state index is 10.8. The van der Waals surface area contributed by atoms with E-state index in [1.807, 2.05) is 13.0 Å². The van der Waals surface area contributed by atoms with Crippen LogP contribution in [0.25, 0.3) is 0 Å². The lowest BCUT2D eigenvalue weighted by Crippen LogP contribution is -1.92. The molecule has 94 valence electrons. The number of nitro benzene ring substituents is 1. The second-order valence-electron chi connectivity index (χ2n) is 3.40. The SMILES string of the molecule is Cc1nsc(SCc2cccc([N+](=O)[O-])c2Br)n1. The summed E-state index contributed by atoms with van der Waals surface area (Å²) in [6, 6.07) is 5.02. The van der Waals surface area contributed by atoms with Crippen LogP contribution in [0.2, 0.25) is 0 Å². The zero-order valence-corrected chi connectivity index (χ0v) is 12.5. The fraction of sp³-hybridized carbons (Fsp3) is 0.200. The zero-order chi connectivity index (χ0) is 13.1. The van der Waals surface area contributed by atoms with E-state index >= 15 is 0 Å². The number of hydrogen-bond donors (Lipinski definition) is 0. The van der Waals surface area contributed by atoms with Crippen molar-refractivity contribution in [1.29, 1.82) is 0 Å². The van der Waals surface area contributed by atoms with Gasteiger partial charge in [-0.3, -0.25) is 10.1 Å². The van der Waals surface area contributed by atoms with Gasteiger partial charge in [-0.2, -0.15) is 4.37 Å². The first-order valence-corrected chi connectivity index (χ1v) is 7.48. The van der Waals surface area contributed by atoms with Crippen LogP contribution in [0.1, 0.15) is 11.4 Å². The zero-order valence-electron chi connectivity index (χ0n) is 9.29. The number of hydrogen-bond acceptors (Lipinski definition) is 6. The summed E-state index contributed by atoms with van der Waals surface area (Å²) in [6.45, 7) is 1.84. The molecule has 5 nitrogen and oxygen atoms in total. The summed E-state index contributed by atoms with van der Waals surface area (Å²) >= 11 is 6.13. The van der Waals surface area contributed by atoms with E-state index < -0.39 is 4.92 Å². The predicted octanol–water partition coefficient (Wildman–Crippen LogP) is 3.81. The predicted molar refractivity (Wildman–Crippen MR) is 75.0 cm³/mol. The summed E-state index contributed by atoms with van der Waals surface area (Å²) in [5, 5.41) is 10.8. The van der Waals surface area contributed by atoms with Gasteiger partial charge in [-0.1, -0.05) is 23.9 Å². The highest BCUT2D eigenvalue weighted by atomic mass is 79.9. The lowest BCUT2D eigenvalue weighted by atomic mass is 10.2. The van der Waals surface area contributed by atoms with Crippen molar-refractivity contribution in [3.8, 4) is 0 Å². The topological polar surface area (TPSA) is 68.9 Å². The van der Waals surface area contributed by atoms with Crippen molar-refractivity contribution >= 4 is 44.9 Å². The standard InChI is InChI=1S/C10H8BrN3O2S2/c1-6-12-10(18-13-6)17-5-7-3-2-4-8(9(7)11)14(15)16/h2-4H,5H2,1H3. The molecule has 0 unspecified atom stereocenters. The number of aromatic nitrogens is 2. The summed E-state index contributed by atoms with van der Waals surface area (Å²) in [7, 11) is 0. The third-order valence-electron chi connectivity index (χ3n) is 2.12. The fourth-order valence-corrected chi connectivity index (χ4v) is 3.67. The molecular formula is C10H8BrN3O2S2. The Morgan fingerprint density at radius 3 is 2.94 bits per heavy atom. The monoisotopic (exact) mass is 345 g/mol. The van der Waals surface area contributed by atoms with Crippen LogP contribution in [0.4, 0.5) is 5.69 Å². The van der Waals surface area contributed by atoms with Crippen LogP contribution in [0, 0.1) is 17.0 Å². The van der Waals surface area contributed by atoms with Gasteiger partial charge < -0.3 is 0 Å². The average molecular weight is 346 g/mol. The molecule has 2 aromatic rings. The average Bonchev–Trinajstić information content (AvgIpc) is 2.73. The number of nitro groups is 1. The molecule has 18 heavy (non-hydrogen) atoms. The van der Waals surface area contributed by atoms with E-state index in [1.54, 1.807) is 6.07 Å². The number of halogens is 1. The minimum absolute atomic E-state index is 0.0848. The highest BCUT2D eigenvalue weighted by Gasteiger charge is 2.15. The van der Waals surface area contributed by atoms with E-state index in [0.29, 0.717) is 10.2 Å². The van der Waals surface area contributed by atoms with E-state index in [4.69, 9.17) is 0 Å². The second-order valence-corrected chi connectivity index (χ2v) is 6.17. The van der Waals surface area contributed by atoms with Crippen LogP contribution >= 0.6 is 39.2 Å². The van der Waals surface area contributed by atoms with Crippen LogP contribution in [0.5, 0.6) is 0 Å². The Labute approximate surface area is 120 Å². The third kappa shape index (κ3) is 3.06. The van der Waals surface area contributed by atoms with E-state index in [1.165, 1.54) is 29.4 Å². The summed E-state index contributed by atoms with van der Waals surface area (Å²) in [6.07, 6.45) is 0. The molecule has 0 aliphatic carbocycles. The Balaban J connectivity index is 2.14. The molecule has 0 aliphatic rings. The van der Waals surface area contributed by atoms with Crippen LogP contribution in [0.15, 0.2) is 27.0 Å². The lowest BCUT2D eigenvalue weighted by Gasteiger charge is -2.02. The molecular weight excluding hydrogens is 338 g/mol. The first-order valence-electron chi connectivity index (χ1n) is 4.93. The molecule has 1 aromatic carbocycles. The van der Waals surface area contributed by atoms with E-state index in [0.717, 1.165) is 15.7 Å². The minimum Gasteiger partial charge on any atom is -0.258 e. The molecule has 0 atom stereocenters. The van der Waals surface area contributed by atoms with E-state index in [-0.39, 0.29) is 5.69 Å². The van der Waals surface area contributed by atoms with Crippen molar-refractivity contribution < 1.29 is 4.92 Å². The first-order chi connectivity index (χ1) is 8.58. The number of nitrogens with zero attached hydrogens (tertiary/aromatic N) is 3. The smallest absolute Gasteiger partial charge is 0.258 e. The molecule has 1 heterocycles. The molecule has 0 aliphatic heterocycles. The molecule has 0 amide bonds. The molecule has 8 heteroatoms. The molecule has 0 N–H and O–H groups in total. The van der Waals surface area contributed by atoms with E-state index in [2.05, 4.69) is 25.3 Å². The second kappa shape index (κ2) is 5.77. The Morgan fingerprint density at radius 2 is 2.33 bits per heavy atom. The summed E-state index contributed by atoms with van der Waals surface area (Å²) in [5.74, 6) is 1.37. The van der Waals surface area contributed by atoms with Crippen LogP contribution < -0.4 is 0 Å². The molecule has 0 saturated heterocycles. The molecule has 1 aromatic heterocycles. The fourth-order valence-electron chi connectivity index (χ4n) is 1.29. The Bertz CT molecular complexity index is 588. The summed E-state index contributed by atoms with van der Waals surface area (Å²) < 4.78 is 5.48. The third-order valence-corrected chi connectivity index (χ3v) is 5.00. The number of benzene rings is 1. The lowest BCUT2D eigenvalue weighted by molar-refractivity contribution is -0.385. The van der Waals surface area contributed by atoms with Gasteiger partial charge in [0.1, 0.15) is 5.82 Å². The van der Waals surface area contributed by atoms with Gasteiger partial charge in [0.25, 0.3) is 5.69 Å². The van der Waals surface area contributed by atoms with Crippen molar-refractivity contribution in [3.05, 3.63) is 44.2 Å². The summed E-state index contributed by atoms with van der Waals surface area (Å²) in [5.41, 5.74) is 0.962. The van der Waals surface area contributed by atoms with Gasteiger partial charge >= 0.3 is 0 Å². The molecule has 0 saturated carbocycles. The Morgan fingerprint density at radius 1 is 1.56 bits per heavy atom. The van der Waals surface area contributed by atoms with Crippen molar-refractivity contribution in [1.82, 2.24) is 9.36 Å². The largest absolute Gasteiger partial charge is 0.283 e. The van der Waals surface area contributed by atoms with Crippen LogP contribution in [-0.4, -0.2) is 14.3 Å². The first kappa shape index (κ1) is 13.4. The molecule has 0 radical (unpaired) electrons. The maximum Gasteiger partial charge on any atom is 0.283 e. The quantitative estimate of drug-likeness (QED) is 0.478. The van der Waals surface area contributed by atoms with Gasteiger partial charge in [0.15, 0.2) is 4.34 Å². The van der Waals surface area contributed by atoms with Crippen LogP contribution in [0.3, 0.4) is 0 Å². The van der Waals surface area contributed by atoms with Gasteiger partial charge in [-0.25, -0.2) is 4.98 Å². The van der Waals surface area contributed by atoms with Gasteiger partial charge in [-0.05, 0) is 39.9 Å². The molecule has 0 fully saturated rings.